The molecule has 0 fully saturated rings. The lowest BCUT2D eigenvalue weighted by atomic mass is 9.90. The maximum absolute atomic E-state index is 11.8. The van der Waals surface area contributed by atoms with Gasteiger partial charge in [-0.3, -0.25) is 0 Å². The van der Waals surface area contributed by atoms with Gasteiger partial charge in [-0.2, -0.15) is 0 Å². The van der Waals surface area contributed by atoms with Crippen LogP contribution in [0.1, 0.15) is 48.5 Å². The summed E-state index contributed by atoms with van der Waals surface area (Å²) < 4.78 is 131. The molecule has 0 radical (unpaired) electrons. The average Bonchev–Trinajstić information content (AvgIpc) is 0.840. The van der Waals surface area contributed by atoms with Crippen LogP contribution in [0.15, 0.2) is 212 Å². The van der Waals surface area contributed by atoms with E-state index in [4.69, 9.17) is 118 Å². The fourth-order valence-electron chi connectivity index (χ4n) is 8.81. The summed E-state index contributed by atoms with van der Waals surface area (Å²) >= 11 is 0. The van der Waals surface area contributed by atoms with Crippen molar-refractivity contribution >= 4 is 101 Å². The van der Waals surface area contributed by atoms with E-state index in [2.05, 4.69) is 112 Å². The van der Waals surface area contributed by atoms with E-state index in [0.717, 1.165) is 60.8 Å². The quantitative estimate of drug-likeness (QED) is 0.0309. The Morgan fingerprint density at radius 1 is 0.171 bits per heavy atom. The zero-order valence-electron chi connectivity index (χ0n) is 80.9. The van der Waals surface area contributed by atoms with Gasteiger partial charge in [0.1, 0.15) is 118 Å². The van der Waals surface area contributed by atoms with Crippen molar-refractivity contribution in [1.29, 1.82) is 0 Å². The molecule has 0 amide bonds. The van der Waals surface area contributed by atoms with Gasteiger partial charge >= 0.3 is 101 Å². The van der Waals surface area contributed by atoms with Crippen molar-refractivity contribution in [2.45, 2.75) is 48.5 Å². The number of aliphatic hydroxyl groups excluding tert-OH is 1. The number of carbonyl (C=O) groups is 17. The summed E-state index contributed by atoms with van der Waals surface area (Å²) in [5.41, 5.74) is -4.27. The van der Waals surface area contributed by atoms with E-state index < -0.39 is 181 Å². The highest BCUT2D eigenvalue weighted by molar-refractivity contribution is 5.90. The zero-order chi connectivity index (χ0) is 107. The second-order valence-corrected chi connectivity index (χ2v) is 30.1. The van der Waals surface area contributed by atoms with Gasteiger partial charge < -0.3 is 124 Å². The number of esters is 17. The van der Waals surface area contributed by atoms with Gasteiger partial charge in [0.15, 0.2) is 0 Å². The van der Waals surface area contributed by atoms with Crippen molar-refractivity contribution < 1.29 is 205 Å². The Morgan fingerprint density at radius 2 is 0.279 bits per heavy atom. The molecule has 0 aromatic heterocycles. The number of ether oxygens (including phenoxy) is 25. The van der Waals surface area contributed by atoms with Gasteiger partial charge in [0.05, 0.1) is 134 Å². The summed E-state index contributed by atoms with van der Waals surface area (Å²) in [5.74, 6) is -11.8. The zero-order valence-corrected chi connectivity index (χ0v) is 80.9. The van der Waals surface area contributed by atoms with Crippen LogP contribution in [0, 0.1) is 27.1 Å². The molecule has 0 bridgehead atoms. The first-order chi connectivity index (χ1) is 66.1. The molecule has 0 spiro atoms. The lowest BCUT2D eigenvalue weighted by Crippen LogP contribution is -2.47. The topological polar surface area (TPSA) is 541 Å². The Morgan fingerprint density at radius 3 is 0.393 bits per heavy atom. The Kier molecular flexibility index (Phi) is 74.0. The Balaban J connectivity index is -0.000000895. The van der Waals surface area contributed by atoms with E-state index in [1.807, 2.05) is 0 Å². The molecule has 0 aromatic carbocycles. The van der Waals surface area contributed by atoms with Crippen LogP contribution in [-0.2, 0) is 200 Å². The molecular weight excluding hydrogens is 1850 g/mol. The molecule has 0 heterocycles. The van der Waals surface area contributed by atoms with Crippen LogP contribution in [0.25, 0.3) is 0 Å². The maximum Gasteiger partial charge on any atom is 0.333 e. The summed E-state index contributed by atoms with van der Waals surface area (Å²) in [6, 6.07) is 0. The Bertz CT molecular complexity index is 3690. The fourth-order valence-corrected chi connectivity index (χ4v) is 8.81. The molecule has 0 atom stereocenters. The second-order valence-electron chi connectivity index (χ2n) is 30.1. The van der Waals surface area contributed by atoms with Crippen LogP contribution in [-0.4, -0.2) is 331 Å². The Labute approximate surface area is 814 Å². The fraction of sp³-hybridized carbons (Fsp3) is 0.474. The van der Waals surface area contributed by atoms with Crippen molar-refractivity contribution in [2.75, 3.05) is 225 Å². The molecule has 43 heteroatoms. The Hall–Kier alpha value is -13.8. The summed E-state index contributed by atoms with van der Waals surface area (Å²) in [4.78, 5) is 197. The van der Waals surface area contributed by atoms with Crippen LogP contribution >= 0.6 is 0 Å². The lowest BCUT2D eigenvalue weighted by molar-refractivity contribution is -0.171. The molecule has 0 aliphatic rings. The molecule has 0 aliphatic carbocycles. The SMILES string of the molecule is C=C(C)C(=O)OCCOCC(CO)(COCCOC(=O)C(=C)C)COCCOC(=O)C(=C)C.C=C(C)C(=O)OCCOCC(COCCOC(=O)C(=C)C)(COCCOC(=O)C(=C)C)COCCOC(=O)C(=C)C.C=CC(=O)OCC(COC(=O)C=C)(COC(=O)C=C)COC(=O)C=C.C=CC(=O)OCC(COCC(COC(=O)C=C)(COC(=O)C=C)COC(=O)C=C)(COC(=O)C=C)COC(=O)C=C. The third-order valence-electron chi connectivity index (χ3n) is 16.5. The van der Waals surface area contributed by atoms with E-state index in [9.17, 15) is 86.6 Å². The highest BCUT2D eigenvalue weighted by Crippen LogP contribution is 2.28. The number of carbonyl (C=O) groups excluding carboxylic acids is 17. The van der Waals surface area contributed by atoms with Crippen molar-refractivity contribution in [3.05, 3.63) is 212 Å². The predicted octanol–water partition coefficient (Wildman–Crippen LogP) is 6.13. The van der Waals surface area contributed by atoms with Crippen molar-refractivity contribution in [1.82, 2.24) is 0 Å². The van der Waals surface area contributed by atoms with Gasteiger partial charge in [-0.1, -0.05) is 112 Å². The number of hydrogen-bond donors (Lipinski definition) is 1. The van der Waals surface area contributed by atoms with Crippen LogP contribution in [0.2, 0.25) is 0 Å². The predicted molar refractivity (Wildman–Crippen MR) is 498 cm³/mol. The molecule has 0 aromatic rings. The molecule has 43 nitrogen and oxygen atoms in total. The van der Waals surface area contributed by atoms with Crippen LogP contribution in [0.5, 0.6) is 0 Å². The standard InChI is InChI=1S/C29H44O12.C28H34O13.C23H36O10.C17H20O8/c1-21(2)25(30)38-13-9-34-17-29(18-35-10-14-39-26(31)22(3)4,19-36-11-15-40-27(32)23(5)6)20-37-12-16-41-28(33)24(7)8;1-7-21(29)36-15-27(16-37-22(30)8-2,17-38-23(31)9-3)13-35-14-28(18-39-24(32)10-4,19-40-25(33)11-5)20-41-26(34)12-6;1-17(2)20(25)31-10-7-28-14-23(13-24,15-29-8-11-32-21(26)18(3)4)16-30-9-12-33-22(27)19(5)6;1-5-13(18)22-9-17(10-23-14(19)6-2,11-24-15(20)7-3)12-25-16(21)8-4/h1,3,5,7,9-20H2,2,4,6,8H3;7-12H,1-6,13-20H2;24H,1,3,5,7-16H2,2,4,6H3;5-8H,1-4,9-12H2. The van der Waals surface area contributed by atoms with Crippen LogP contribution in [0.3, 0.4) is 0 Å². The summed E-state index contributed by atoms with van der Waals surface area (Å²) in [6.45, 7) is 63.5. The molecule has 0 saturated carbocycles. The van der Waals surface area contributed by atoms with E-state index in [0.29, 0.717) is 0 Å². The van der Waals surface area contributed by atoms with E-state index in [1.54, 1.807) is 0 Å². The summed E-state index contributed by atoms with van der Waals surface area (Å²) in [6.07, 6.45) is 9.01. The van der Waals surface area contributed by atoms with Gasteiger partial charge in [0.2, 0.25) is 0 Å². The first-order valence-corrected chi connectivity index (χ1v) is 42.0. The molecule has 0 saturated heterocycles. The molecule has 0 aliphatic heterocycles. The smallest absolute Gasteiger partial charge is 0.333 e. The minimum atomic E-state index is -1.49. The molecular formula is C97H134O43. The molecule has 1 N–H and O–H groups in total. The number of rotatable bonds is 77. The molecule has 140 heavy (non-hydrogen) atoms. The molecule has 0 unspecified atom stereocenters. The molecule has 0 rings (SSSR count). The lowest BCUT2D eigenvalue weighted by Gasteiger charge is -2.35. The highest BCUT2D eigenvalue weighted by Gasteiger charge is 2.42. The minimum Gasteiger partial charge on any atom is -0.462 e. The van der Waals surface area contributed by atoms with Gasteiger partial charge in [-0.25, -0.2) is 81.5 Å². The van der Waals surface area contributed by atoms with Gasteiger partial charge in [0.25, 0.3) is 0 Å². The van der Waals surface area contributed by atoms with Crippen molar-refractivity contribution in [3.63, 3.8) is 0 Å². The average molecular weight is 1990 g/mol. The highest BCUT2D eigenvalue weighted by atomic mass is 16.6. The van der Waals surface area contributed by atoms with E-state index >= 15 is 0 Å². The third-order valence-corrected chi connectivity index (χ3v) is 16.5. The molecule has 780 valence electrons. The summed E-state index contributed by atoms with van der Waals surface area (Å²) in [7, 11) is 0. The van der Waals surface area contributed by atoms with Gasteiger partial charge in [-0.15, -0.1) is 0 Å². The summed E-state index contributed by atoms with van der Waals surface area (Å²) in [5, 5.41) is 10.00. The van der Waals surface area contributed by atoms with E-state index in [1.165, 1.54) is 48.5 Å². The number of hydrogen-bond acceptors (Lipinski definition) is 43. The second kappa shape index (κ2) is 78.2. The number of aliphatic hydroxyl groups is 1. The minimum absolute atomic E-state index is 0.00505. The normalized spacial score (nSPS) is 10.6. The largest absolute Gasteiger partial charge is 0.462 e. The first kappa shape index (κ1) is 132. The van der Waals surface area contributed by atoms with Gasteiger partial charge in [0, 0.05) is 99.8 Å². The maximum atomic E-state index is 11.8. The van der Waals surface area contributed by atoms with E-state index in [-0.39, 0.29) is 211 Å². The third kappa shape index (κ3) is 66.6. The van der Waals surface area contributed by atoms with Crippen molar-refractivity contribution in [3.8, 4) is 0 Å². The van der Waals surface area contributed by atoms with Crippen LogP contribution < -0.4 is 0 Å². The monoisotopic (exact) mass is 1990 g/mol. The van der Waals surface area contributed by atoms with Crippen molar-refractivity contribution in [2.24, 2.45) is 27.1 Å². The van der Waals surface area contributed by atoms with Crippen LogP contribution in [0.4, 0.5) is 0 Å². The first-order valence-electron chi connectivity index (χ1n) is 42.0. The van der Waals surface area contributed by atoms with Gasteiger partial charge in [-0.05, 0) is 48.5 Å².